The zero-order valence-corrected chi connectivity index (χ0v) is 11.4. The standard InChI is InChI=1S/C12H30N6/c13-9-11(15)1-3-17-5-7-18(8-6-17)4-2-12(16)10-14/h11-12H,1-10,13-16H2. The molecule has 0 aromatic rings. The molecule has 0 spiro atoms. The first-order chi connectivity index (χ1) is 8.65. The maximum Gasteiger partial charge on any atom is 0.0175 e. The number of hydrogen-bond acceptors (Lipinski definition) is 6. The topological polar surface area (TPSA) is 111 Å². The summed E-state index contributed by atoms with van der Waals surface area (Å²) in [4.78, 5) is 4.93. The summed E-state index contributed by atoms with van der Waals surface area (Å²) in [5.74, 6) is 0. The molecule has 0 aromatic heterocycles. The molecule has 108 valence electrons. The summed E-state index contributed by atoms with van der Waals surface area (Å²) in [6.07, 6.45) is 1.99. The van der Waals surface area contributed by atoms with Crippen LogP contribution in [0.25, 0.3) is 0 Å². The Hall–Kier alpha value is -0.240. The van der Waals surface area contributed by atoms with Crippen molar-refractivity contribution in [1.82, 2.24) is 9.80 Å². The fraction of sp³-hybridized carbons (Fsp3) is 1.00. The van der Waals surface area contributed by atoms with Crippen molar-refractivity contribution in [3.8, 4) is 0 Å². The molecular formula is C12H30N6. The van der Waals surface area contributed by atoms with Gasteiger partial charge in [-0.15, -0.1) is 0 Å². The minimum absolute atomic E-state index is 0.144. The Balaban J connectivity index is 2.09. The van der Waals surface area contributed by atoms with Crippen LogP contribution >= 0.6 is 0 Å². The summed E-state index contributed by atoms with van der Waals surface area (Å²) < 4.78 is 0. The molecule has 2 unspecified atom stereocenters. The van der Waals surface area contributed by atoms with Gasteiger partial charge in [-0.1, -0.05) is 0 Å². The molecule has 1 saturated heterocycles. The smallest absolute Gasteiger partial charge is 0.0175 e. The Kier molecular flexibility index (Phi) is 7.73. The Morgan fingerprint density at radius 3 is 1.33 bits per heavy atom. The van der Waals surface area contributed by atoms with Crippen molar-refractivity contribution >= 4 is 0 Å². The molecule has 1 aliphatic rings. The Bertz CT molecular complexity index is 183. The van der Waals surface area contributed by atoms with Gasteiger partial charge in [0.25, 0.3) is 0 Å². The highest BCUT2D eigenvalue weighted by molar-refractivity contribution is 4.75. The van der Waals surface area contributed by atoms with Crippen LogP contribution in [-0.2, 0) is 0 Å². The molecule has 1 rings (SSSR count). The average molecular weight is 258 g/mol. The highest BCUT2D eigenvalue weighted by Crippen LogP contribution is 2.04. The van der Waals surface area contributed by atoms with Crippen LogP contribution in [0.3, 0.4) is 0 Å². The van der Waals surface area contributed by atoms with E-state index in [4.69, 9.17) is 22.9 Å². The van der Waals surface area contributed by atoms with Gasteiger partial charge in [-0.25, -0.2) is 0 Å². The van der Waals surface area contributed by atoms with Crippen molar-refractivity contribution < 1.29 is 0 Å². The van der Waals surface area contributed by atoms with E-state index in [0.29, 0.717) is 13.1 Å². The highest BCUT2D eigenvalue weighted by atomic mass is 15.3. The van der Waals surface area contributed by atoms with Gasteiger partial charge in [0.05, 0.1) is 0 Å². The molecule has 1 fully saturated rings. The van der Waals surface area contributed by atoms with E-state index in [1.807, 2.05) is 0 Å². The van der Waals surface area contributed by atoms with Crippen molar-refractivity contribution in [3.63, 3.8) is 0 Å². The van der Waals surface area contributed by atoms with E-state index in [1.54, 1.807) is 0 Å². The quantitative estimate of drug-likeness (QED) is 0.399. The van der Waals surface area contributed by atoms with Crippen LogP contribution in [-0.4, -0.2) is 74.2 Å². The van der Waals surface area contributed by atoms with Crippen LogP contribution in [0.4, 0.5) is 0 Å². The number of hydrogen-bond donors (Lipinski definition) is 4. The zero-order chi connectivity index (χ0) is 13.4. The third-order valence-corrected chi connectivity index (χ3v) is 3.70. The van der Waals surface area contributed by atoms with E-state index < -0.39 is 0 Å². The summed E-state index contributed by atoms with van der Waals surface area (Å²) in [5, 5.41) is 0. The van der Waals surface area contributed by atoms with Gasteiger partial charge < -0.3 is 32.7 Å². The lowest BCUT2D eigenvalue weighted by Crippen LogP contribution is -2.48. The van der Waals surface area contributed by atoms with Gasteiger partial charge in [0.2, 0.25) is 0 Å². The van der Waals surface area contributed by atoms with Crippen LogP contribution in [0.1, 0.15) is 12.8 Å². The monoisotopic (exact) mass is 258 g/mol. The van der Waals surface area contributed by atoms with Crippen LogP contribution in [0.5, 0.6) is 0 Å². The van der Waals surface area contributed by atoms with Gasteiger partial charge in [-0.2, -0.15) is 0 Å². The third-order valence-electron chi connectivity index (χ3n) is 3.70. The van der Waals surface area contributed by atoms with Crippen molar-refractivity contribution in [2.75, 3.05) is 52.4 Å². The molecule has 0 aromatic carbocycles. The van der Waals surface area contributed by atoms with Gasteiger partial charge in [0, 0.05) is 51.4 Å². The number of piperazine rings is 1. The Labute approximate surface area is 111 Å². The van der Waals surface area contributed by atoms with Gasteiger partial charge >= 0.3 is 0 Å². The molecule has 0 saturated carbocycles. The largest absolute Gasteiger partial charge is 0.329 e. The predicted octanol–water partition coefficient (Wildman–Crippen LogP) is -2.04. The molecule has 1 heterocycles. The molecular weight excluding hydrogens is 228 g/mol. The Morgan fingerprint density at radius 1 is 0.722 bits per heavy atom. The fourth-order valence-corrected chi connectivity index (χ4v) is 2.17. The second-order valence-corrected chi connectivity index (χ2v) is 5.25. The van der Waals surface area contributed by atoms with Crippen LogP contribution in [0.15, 0.2) is 0 Å². The third kappa shape index (κ3) is 6.08. The van der Waals surface area contributed by atoms with Crippen molar-refractivity contribution in [2.24, 2.45) is 22.9 Å². The number of rotatable bonds is 8. The second kappa shape index (κ2) is 8.79. The molecule has 8 N–H and O–H groups in total. The summed E-state index contributed by atoms with van der Waals surface area (Å²) in [7, 11) is 0. The normalized spacial score (nSPS) is 22.0. The molecule has 0 aliphatic carbocycles. The summed E-state index contributed by atoms with van der Waals surface area (Å²) in [6, 6.07) is 0.288. The number of nitrogens with two attached hydrogens (primary N) is 4. The first kappa shape index (κ1) is 15.8. The first-order valence-corrected chi connectivity index (χ1v) is 7.01. The van der Waals surface area contributed by atoms with Gasteiger partial charge in [0.1, 0.15) is 0 Å². The lowest BCUT2D eigenvalue weighted by atomic mass is 10.2. The minimum Gasteiger partial charge on any atom is -0.329 e. The zero-order valence-electron chi connectivity index (χ0n) is 11.4. The molecule has 2 atom stereocenters. The first-order valence-electron chi connectivity index (χ1n) is 7.01. The van der Waals surface area contributed by atoms with Crippen molar-refractivity contribution in [2.45, 2.75) is 24.9 Å². The summed E-state index contributed by atoms with van der Waals surface area (Å²) in [6.45, 7) is 7.77. The van der Waals surface area contributed by atoms with Gasteiger partial charge in [0.15, 0.2) is 0 Å². The van der Waals surface area contributed by atoms with E-state index >= 15 is 0 Å². The van der Waals surface area contributed by atoms with Gasteiger partial charge in [-0.3, -0.25) is 0 Å². The molecule has 18 heavy (non-hydrogen) atoms. The van der Waals surface area contributed by atoms with Crippen LogP contribution in [0, 0.1) is 0 Å². The van der Waals surface area contributed by atoms with E-state index in [0.717, 1.165) is 52.1 Å². The molecule has 0 amide bonds. The van der Waals surface area contributed by atoms with E-state index in [9.17, 15) is 0 Å². The molecule has 0 radical (unpaired) electrons. The maximum atomic E-state index is 5.83. The summed E-state index contributed by atoms with van der Waals surface area (Å²) in [5.41, 5.74) is 22.7. The molecule has 6 heteroatoms. The average Bonchev–Trinajstić information content (AvgIpc) is 2.43. The fourth-order valence-electron chi connectivity index (χ4n) is 2.17. The van der Waals surface area contributed by atoms with Crippen molar-refractivity contribution in [1.29, 1.82) is 0 Å². The summed E-state index contributed by atoms with van der Waals surface area (Å²) >= 11 is 0. The lowest BCUT2D eigenvalue weighted by Gasteiger charge is -2.35. The van der Waals surface area contributed by atoms with E-state index in [-0.39, 0.29) is 12.1 Å². The maximum absolute atomic E-state index is 5.83. The van der Waals surface area contributed by atoms with E-state index in [1.165, 1.54) is 0 Å². The lowest BCUT2D eigenvalue weighted by molar-refractivity contribution is 0.127. The SMILES string of the molecule is NCC(N)CCN1CCN(CCC(N)CN)CC1. The molecule has 0 bridgehead atoms. The molecule has 1 aliphatic heterocycles. The Morgan fingerprint density at radius 2 is 1.06 bits per heavy atom. The van der Waals surface area contributed by atoms with Crippen molar-refractivity contribution in [3.05, 3.63) is 0 Å². The second-order valence-electron chi connectivity index (χ2n) is 5.25. The predicted molar refractivity (Wildman–Crippen MR) is 76.2 cm³/mol. The number of nitrogens with zero attached hydrogens (tertiary/aromatic N) is 2. The van der Waals surface area contributed by atoms with Crippen LogP contribution in [0.2, 0.25) is 0 Å². The van der Waals surface area contributed by atoms with E-state index in [2.05, 4.69) is 9.80 Å². The van der Waals surface area contributed by atoms with Gasteiger partial charge in [-0.05, 0) is 25.9 Å². The molecule has 6 nitrogen and oxygen atoms in total. The minimum atomic E-state index is 0.144. The highest BCUT2D eigenvalue weighted by Gasteiger charge is 2.17. The van der Waals surface area contributed by atoms with Crippen LogP contribution < -0.4 is 22.9 Å².